The molecule has 24 heavy (non-hydrogen) atoms. The molecule has 0 spiro atoms. The summed E-state index contributed by atoms with van der Waals surface area (Å²) in [5.41, 5.74) is 2.30. The summed E-state index contributed by atoms with van der Waals surface area (Å²) in [7, 11) is 0. The Kier molecular flexibility index (Phi) is 4.94. The van der Waals surface area contributed by atoms with Crippen molar-refractivity contribution >= 4 is 11.8 Å². The molecule has 0 amide bonds. The van der Waals surface area contributed by atoms with Gasteiger partial charge >= 0.3 is 5.97 Å². The molecule has 0 saturated heterocycles. The fraction of sp³-hybridized carbons (Fsp3) is 0.300. The smallest absolute Gasteiger partial charge is 0.352 e. The van der Waals surface area contributed by atoms with Crippen LogP contribution in [0.25, 0.3) is 0 Å². The van der Waals surface area contributed by atoms with Crippen molar-refractivity contribution in [3.8, 4) is 5.75 Å². The van der Waals surface area contributed by atoms with Crippen LogP contribution in [-0.2, 0) is 16.0 Å². The van der Waals surface area contributed by atoms with E-state index in [-0.39, 0.29) is 12.4 Å². The van der Waals surface area contributed by atoms with Gasteiger partial charge in [0.2, 0.25) is 6.10 Å². The third kappa shape index (κ3) is 3.32. The zero-order chi connectivity index (χ0) is 16.9. The molecule has 2 aromatic carbocycles. The van der Waals surface area contributed by atoms with Crippen LogP contribution in [0.15, 0.2) is 48.5 Å². The van der Waals surface area contributed by atoms with Crippen LogP contribution in [0.5, 0.6) is 5.75 Å². The molecule has 0 saturated carbocycles. The van der Waals surface area contributed by atoms with E-state index in [4.69, 9.17) is 9.47 Å². The van der Waals surface area contributed by atoms with E-state index in [1.54, 1.807) is 13.0 Å². The highest BCUT2D eigenvalue weighted by Crippen LogP contribution is 2.33. The van der Waals surface area contributed by atoms with Gasteiger partial charge in [-0.1, -0.05) is 42.5 Å². The van der Waals surface area contributed by atoms with Gasteiger partial charge in [0.05, 0.1) is 12.2 Å². The predicted octanol–water partition coefficient (Wildman–Crippen LogP) is 3.89. The van der Waals surface area contributed by atoms with Crippen LogP contribution >= 0.6 is 0 Å². The number of ether oxygens (including phenoxy) is 2. The molecular weight excluding hydrogens is 304 g/mol. The number of fused-ring (bicyclic) bond motifs is 1. The minimum Gasteiger partial charge on any atom is -0.473 e. The lowest BCUT2D eigenvalue weighted by Gasteiger charge is -2.22. The second kappa shape index (κ2) is 7.30. The first-order valence-electron chi connectivity index (χ1n) is 8.24. The SMILES string of the molecule is CCOC(=O)C(Oc1cccc2c1C(=O)CCC2)c1ccccc1. The lowest BCUT2D eigenvalue weighted by molar-refractivity contribution is -0.151. The van der Waals surface area contributed by atoms with E-state index in [0.29, 0.717) is 23.3 Å². The number of benzene rings is 2. The third-order valence-corrected chi connectivity index (χ3v) is 4.09. The minimum absolute atomic E-state index is 0.0718. The molecule has 1 aliphatic carbocycles. The van der Waals surface area contributed by atoms with Gasteiger partial charge in [0, 0.05) is 12.0 Å². The van der Waals surface area contributed by atoms with E-state index in [1.807, 2.05) is 42.5 Å². The van der Waals surface area contributed by atoms with Crippen molar-refractivity contribution < 1.29 is 19.1 Å². The number of carbonyl (C=O) groups is 2. The number of rotatable bonds is 5. The summed E-state index contributed by atoms with van der Waals surface area (Å²) < 4.78 is 11.1. The Bertz CT molecular complexity index is 737. The standard InChI is InChI=1S/C20H20O4/c1-2-23-20(22)19(15-8-4-3-5-9-15)24-17-13-7-11-14-10-6-12-16(21)18(14)17/h3-5,7-9,11,13,19H,2,6,10,12H2,1H3. The number of ketones is 1. The van der Waals surface area contributed by atoms with Crippen LogP contribution in [0, 0.1) is 0 Å². The quantitative estimate of drug-likeness (QED) is 0.783. The molecule has 0 aliphatic heterocycles. The van der Waals surface area contributed by atoms with Gasteiger partial charge in [-0.2, -0.15) is 0 Å². The highest BCUT2D eigenvalue weighted by atomic mass is 16.6. The first kappa shape index (κ1) is 16.2. The molecule has 2 aromatic rings. The van der Waals surface area contributed by atoms with Crippen molar-refractivity contribution in [3.05, 3.63) is 65.2 Å². The molecule has 4 heteroatoms. The van der Waals surface area contributed by atoms with Crippen LogP contribution in [-0.4, -0.2) is 18.4 Å². The molecular formula is C20H20O4. The summed E-state index contributed by atoms with van der Waals surface area (Å²) >= 11 is 0. The Morgan fingerprint density at radius 1 is 1.08 bits per heavy atom. The van der Waals surface area contributed by atoms with Gasteiger partial charge in [0.15, 0.2) is 5.78 Å². The second-order valence-corrected chi connectivity index (χ2v) is 5.73. The summed E-state index contributed by atoms with van der Waals surface area (Å²) in [5.74, 6) is 0.0752. The van der Waals surface area contributed by atoms with E-state index < -0.39 is 12.1 Å². The van der Waals surface area contributed by atoms with Gasteiger partial charge in [-0.15, -0.1) is 0 Å². The van der Waals surface area contributed by atoms with Crippen molar-refractivity contribution in [3.63, 3.8) is 0 Å². The maximum atomic E-state index is 12.4. The van der Waals surface area contributed by atoms with E-state index in [2.05, 4.69) is 0 Å². The largest absolute Gasteiger partial charge is 0.473 e. The highest BCUT2D eigenvalue weighted by molar-refractivity contribution is 6.01. The normalized spacial score (nSPS) is 14.6. The van der Waals surface area contributed by atoms with Crippen LogP contribution in [0.4, 0.5) is 0 Å². The van der Waals surface area contributed by atoms with Crippen molar-refractivity contribution in [1.82, 2.24) is 0 Å². The van der Waals surface area contributed by atoms with Gasteiger partial charge in [-0.25, -0.2) is 4.79 Å². The molecule has 0 radical (unpaired) electrons. The van der Waals surface area contributed by atoms with Crippen LogP contribution in [0.2, 0.25) is 0 Å². The van der Waals surface area contributed by atoms with Gasteiger partial charge < -0.3 is 9.47 Å². The van der Waals surface area contributed by atoms with E-state index in [1.165, 1.54) is 0 Å². The Morgan fingerprint density at radius 3 is 2.62 bits per heavy atom. The Labute approximate surface area is 141 Å². The minimum atomic E-state index is -0.882. The molecule has 3 rings (SSSR count). The van der Waals surface area contributed by atoms with Crippen LogP contribution in [0.3, 0.4) is 0 Å². The third-order valence-electron chi connectivity index (χ3n) is 4.09. The zero-order valence-corrected chi connectivity index (χ0v) is 13.7. The van der Waals surface area contributed by atoms with Crippen molar-refractivity contribution in [2.24, 2.45) is 0 Å². The summed E-state index contributed by atoms with van der Waals surface area (Å²) in [5, 5.41) is 0. The summed E-state index contributed by atoms with van der Waals surface area (Å²) in [4.78, 5) is 24.7. The van der Waals surface area contributed by atoms with E-state index in [0.717, 1.165) is 18.4 Å². The molecule has 124 valence electrons. The molecule has 0 aromatic heterocycles. The second-order valence-electron chi connectivity index (χ2n) is 5.73. The Hall–Kier alpha value is -2.62. The van der Waals surface area contributed by atoms with Gasteiger partial charge in [-0.05, 0) is 31.4 Å². The van der Waals surface area contributed by atoms with Gasteiger partial charge in [-0.3, -0.25) is 4.79 Å². The fourth-order valence-electron chi connectivity index (χ4n) is 2.99. The number of aryl methyl sites for hydroxylation is 1. The van der Waals surface area contributed by atoms with Crippen molar-refractivity contribution in [2.75, 3.05) is 6.61 Å². The van der Waals surface area contributed by atoms with E-state index in [9.17, 15) is 9.59 Å². The molecule has 0 bridgehead atoms. The first-order chi connectivity index (χ1) is 11.7. The van der Waals surface area contributed by atoms with E-state index >= 15 is 0 Å². The van der Waals surface area contributed by atoms with Crippen LogP contribution in [0.1, 0.15) is 47.4 Å². The summed E-state index contributed by atoms with van der Waals surface area (Å²) in [6.07, 6.45) is 1.35. The number of Topliss-reactive ketones (excluding diaryl/α,β-unsaturated/α-hetero) is 1. The fourth-order valence-corrected chi connectivity index (χ4v) is 2.99. The average molecular weight is 324 g/mol. The molecule has 1 unspecified atom stereocenters. The predicted molar refractivity (Wildman–Crippen MR) is 90.2 cm³/mol. The van der Waals surface area contributed by atoms with Gasteiger partial charge in [0.1, 0.15) is 5.75 Å². The van der Waals surface area contributed by atoms with Crippen LogP contribution < -0.4 is 4.74 Å². The first-order valence-corrected chi connectivity index (χ1v) is 8.24. The molecule has 0 fully saturated rings. The number of hydrogen-bond acceptors (Lipinski definition) is 4. The Morgan fingerprint density at radius 2 is 1.88 bits per heavy atom. The van der Waals surface area contributed by atoms with Crippen molar-refractivity contribution in [2.45, 2.75) is 32.3 Å². The zero-order valence-electron chi connectivity index (χ0n) is 13.7. The number of carbonyl (C=O) groups excluding carboxylic acids is 2. The molecule has 4 nitrogen and oxygen atoms in total. The average Bonchev–Trinajstić information content (AvgIpc) is 2.61. The molecule has 0 heterocycles. The molecule has 1 aliphatic rings. The van der Waals surface area contributed by atoms with Crippen molar-refractivity contribution in [1.29, 1.82) is 0 Å². The lowest BCUT2D eigenvalue weighted by atomic mass is 9.90. The monoisotopic (exact) mass is 324 g/mol. The molecule has 0 N–H and O–H groups in total. The summed E-state index contributed by atoms with van der Waals surface area (Å²) in [6.45, 7) is 2.03. The summed E-state index contributed by atoms with van der Waals surface area (Å²) in [6, 6.07) is 14.8. The topological polar surface area (TPSA) is 52.6 Å². The van der Waals surface area contributed by atoms with Gasteiger partial charge in [0.25, 0.3) is 0 Å². The maximum Gasteiger partial charge on any atom is 0.352 e. The number of hydrogen-bond donors (Lipinski definition) is 0. The number of esters is 1. The highest BCUT2D eigenvalue weighted by Gasteiger charge is 2.28. The molecule has 1 atom stereocenters. The lowest BCUT2D eigenvalue weighted by Crippen LogP contribution is -2.23. The Balaban J connectivity index is 1.97. The maximum absolute atomic E-state index is 12.4.